The predicted molar refractivity (Wildman–Crippen MR) is 87.5 cm³/mol. The average Bonchev–Trinajstić information content (AvgIpc) is 2.40. The van der Waals surface area contributed by atoms with E-state index in [9.17, 15) is 0 Å². The van der Waals surface area contributed by atoms with Crippen LogP contribution in [-0.2, 0) is 5.41 Å². The molecule has 0 amide bonds. The molecule has 0 radical (unpaired) electrons. The van der Waals surface area contributed by atoms with Gasteiger partial charge in [-0.2, -0.15) is 12.6 Å². The Kier molecular flexibility index (Phi) is 5.79. The molecule has 0 aromatic heterocycles. The van der Waals surface area contributed by atoms with Crippen LogP contribution in [0.4, 0.5) is 0 Å². The number of hydrogen-bond acceptors (Lipinski definition) is 2. The van der Waals surface area contributed by atoms with Crippen molar-refractivity contribution < 1.29 is 4.74 Å². The summed E-state index contributed by atoms with van der Waals surface area (Å²) in [4.78, 5) is 0. The SMILES string of the molecule is CCC(CC)(CS)COc1cccc(C(C)(C)C)c1. The molecule has 0 saturated carbocycles. The Labute approximate surface area is 124 Å². The van der Waals surface area contributed by atoms with E-state index in [2.05, 4.69) is 65.4 Å². The minimum atomic E-state index is 0.162. The lowest BCUT2D eigenvalue weighted by molar-refractivity contribution is 0.157. The topological polar surface area (TPSA) is 9.23 Å². The molecule has 0 spiro atoms. The van der Waals surface area contributed by atoms with Crippen molar-refractivity contribution in [3.8, 4) is 5.75 Å². The second-order valence-electron chi connectivity index (χ2n) is 6.43. The van der Waals surface area contributed by atoms with E-state index in [0.717, 1.165) is 31.0 Å². The quantitative estimate of drug-likeness (QED) is 0.713. The van der Waals surface area contributed by atoms with Crippen molar-refractivity contribution in [2.45, 2.75) is 52.9 Å². The fraction of sp³-hybridized carbons (Fsp3) is 0.647. The lowest BCUT2D eigenvalue weighted by atomic mass is 9.85. The zero-order chi connectivity index (χ0) is 14.5. The van der Waals surface area contributed by atoms with Crippen molar-refractivity contribution >= 4 is 12.6 Å². The highest BCUT2D eigenvalue weighted by Crippen LogP contribution is 2.30. The largest absolute Gasteiger partial charge is 0.493 e. The molecule has 108 valence electrons. The number of hydrogen-bond donors (Lipinski definition) is 1. The summed E-state index contributed by atoms with van der Waals surface area (Å²) >= 11 is 4.49. The molecule has 1 rings (SSSR count). The van der Waals surface area contributed by atoms with Gasteiger partial charge in [0.2, 0.25) is 0 Å². The van der Waals surface area contributed by atoms with E-state index >= 15 is 0 Å². The average molecular weight is 280 g/mol. The first-order valence-electron chi connectivity index (χ1n) is 7.21. The number of rotatable bonds is 6. The number of thiol groups is 1. The molecule has 0 saturated heterocycles. The molecule has 1 nitrogen and oxygen atoms in total. The fourth-order valence-electron chi connectivity index (χ4n) is 2.01. The summed E-state index contributed by atoms with van der Waals surface area (Å²) < 4.78 is 6.03. The van der Waals surface area contributed by atoms with Crippen LogP contribution < -0.4 is 4.74 Å². The van der Waals surface area contributed by atoms with Crippen LogP contribution >= 0.6 is 12.6 Å². The van der Waals surface area contributed by atoms with Gasteiger partial charge in [0.15, 0.2) is 0 Å². The Bertz CT molecular complexity index is 380. The summed E-state index contributed by atoms with van der Waals surface area (Å²) in [7, 11) is 0. The Morgan fingerprint density at radius 2 is 1.74 bits per heavy atom. The Balaban J connectivity index is 2.78. The first kappa shape index (κ1) is 16.4. The van der Waals surface area contributed by atoms with E-state index < -0.39 is 0 Å². The lowest BCUT2D eigenvalue weighted by Gasteiger charge is -2.30. The van der Waals surface area contributed by atoms with E-state index in [4.69, 9.17) is 4.74 Å². The molecule has 1 aromatic rings. The fourth-order valence-corrected chi connectivity index (χ4v) is 2.55. The van der Waals surface area contributed by atoms with Crippen LogP contribution in [0.2, 0.25) is 0 Å². The first-order chi connectivity index (χ1) is 8.87. The number of ether oxygens (including phenoxy) is 1. The van der Waals surface area contributed by atoms with Gasteiger partial charge in [-0.25, -0.2) is 0 Å². The van der Waals surface area contributed by atoms with Crippen LogP contribution in [0.25, 0.3) is 0 Å². The second-order valence-corrected chi connectivity index (χ2v) is 6.75. The van der Waals surface area contributed by atoms with E-state index in [0.29, 0.717) is 0 Å². The van der Waals surface area contributed by atoms with Gasteiger partial charge in [0.05, 0.1) is 6.61 Å². The molecule has 0 aliphatic heterocycles. The minimum absolute atomic E-state index is 0.162. The summed E-state index contributed by atoms with van der Waals surface area (Å²) in [5.41, 5.74) is 1.67. The summed E-state index contributed by atoms with van der Waals surface area (Å²) in [5, 5.41) is 0. The van der Waals surface area contributed by atoms with Crippen LogP contribution in [0, 0.1) is 5.41 Å². The minimum Gasteiger partial charge on any atom is -0.493 e. The van der Waals surface area contributed by atoms with Crippen molar-refractivity contribution in [2.75, 3.05) is 12.4 Å². The van der Waals surface area contributed by atoms with Gasteiger partial charge in [0, 0.05) is 5.41 Å². The Morgan fingerprint density at radius 3 is 2.21 bits per heavy atom. The van der Waals surface area contributed by atoms with E-state index in [-0.39, 0.29) is 10.8 Å². The molecule has 2 heteroatoms. The normalized spacial score (nSPS) is 12.5. The molecule has 0 fully saturated rings. The molecule has 0 bridgehead atoms. The van der Waals surface area contributed by atoms with Crippen molar-refractivity contribution in [3.63, 3.8) is 0 Å². The van der Waals surface area contributed by atoms with Gasteiger partial charge < -0.3 is 4.74 Å². The Morgan fingerprint density at radius 1 is 1.11 bits per heavy atom. The molecule has 0 unspecified atom stereocenters. The highest BCUT2D eigenvalue weighted by Gasteiger charge is 2.25. The van der Waals surface area contributed by atoms with Crippen LogP contribution in [0.1, 0.15) is 53.0 Å². The molecule has 0 atom stereocenters. The van der Waals surface area contributed by atoms with Crippen molar-refractivity contribution in [3.05, 3.63) is 29.8 Å². The third kappa shape index (κ3) is 4.45. The van der Waals surface area contributed by atoms with Gasteiger partial charge >= 0.3 is 0 Å². The van der Waals surface area contributed by atoms with Gasteiger partial charge in [-0.1, -0.05) is 46.8 Å². The van der Waals surface area contributed by atoms with Gasteiger partial charge in [-0.05, 0) is 41.7 Å². The zero-order valence-electron chi connectivity index (χ0n) is 13.0. The van der Waals surface area contributed by atoms with Crippen molar-refractivity contribution in [1.29, 1.82) is 0 Å². The molecule has 19 heavy (non-hydrogen) atoms. The maximum Gasteiger partial charge on any atom is 0.119 e. The molecule has 1 aromatic carbocycles. The van der Waals surface area contributed by atoms with Crippen LogP contribution in [-0.4, -0.2) is 12.4 Å². The standard InChI is InChI=1S/C17H28OS/c1-6-17(7-2,13-19)12-18-15-10-8-9-14(11-15)16(3,4)5/h8-11,19H,6-7,12-13H2,1-5H3. The van der Waals surface area contributed by atoms with Crippen molar-refractivity contribution in [2.24, 2.45) is 5.41 Å². The molecule has 0 heterocycles. The summed E-state index contributed by atoms with van der Waals surface area (Å²) in [6.07, 6.45) is 2.21. The molecular formula is C17H28OS. The predicted octanol–water partition coefficient (Wildman–Crippen LogP) is 5.10. The lowest BCUT2D eigenvalue weighted by Crippen LogP contribution is -2.29. The zero-order valence-corrected chi connectivity index (χ0v) is 13.9. The maximum absolute atomic E-state index is 6.03. The third-order valence-electron chi connectivity index (χ3n) is 4.08. The Hall–Kier alpha value is -0.630. The van der Waals surface area contributed by atoms with E-state index in [1.165, 1.54) is 5.56 Å². The van der Waals surface area contributed by atoms with Gasteiger partial charge in [0.1, 0.15) is 5.75 Å². The van der Waals surface area contributed by atoms with Gasteiger partial charge in [-0.15, -0.1) is 0 Å². The van der Waals surface area contributed by atoms with Gasteiger partial charge in [-0.3, -0.25) is 0 Å². The highest BCUT2D eigenvalue weighted by molar-refractivity contribution is 7.80. The summed E-state index contributed by atoms with van der Waals surface area (Å²) in [5.74, 6) is 1.85. The molecule has 0 aliphatic rings. The summed E-state index contributed by atoms with van der Waals surface area (Å²) in [6.45, 7) is 11.9. The molecule has 0 N–H and O–H groups in total. The van der Waals surface area contributed by atoms with E-state index in [1.54, 1.807) is 0 Å². The van der Waals surface area contributed by atoms with Crippen molar-refractivity contribution in [1.82, 2.24) is 0 Å². The second kappa shape index (κ2) is 6.69. The monoisotopic (exact) mass is 280 g/mol. The van der Waals surface area contributed by atoms with Gasteiger partial charge in [0.25, 0.3) is 0 Å². The third-order valence-corrected chi connectivity index (χ3v) is 4.75. The maximum atomic E-state index is 6.03. The highest BCUT2D eigenvalue weighted by atomic mass is 32.1. The van der Waals surface area contributed by atoms with Crippen LogP contribution in [0.3, 0.4) is 0 Å². The van der Waals surface area contributed by atoms with Crippen LogP contribution in [0.15, 0.2) is 24.3 Å². The molecular weight excluding hydrogens is 252 g/mol. The van der Waals surface area contributed by atoms with Crippen LogP contribution in [0.5, 0.6) is 5.75 Å². The molecule has 0 aliphatic carbocycles. The first-order valence-corrected chi connectivity index (χ1v) is 7.84. The smallest absolute Gasteiger partial charge is 0.119 e. The summed E-state index contributed by atoms with van der Waals surface area (Å²) in [6, 6.07) is 8.45. The number of benzene rings is 1. The van der Waals surface area contributed by atoms with E-state index in [1.807, 2.05) is 6.07 Å².